The molecule has 0 bridgehead atoms. The molecule has 26 heavy (non-hydrogen) atoms. The molecule has 0 aromatic heterocycles. The van der Waals surface area contributed by atoms with E-state index in [0.29, 0.717) is 6.42 Å². The number of nitrogens with zero attached hydrogens (tertiary/aromatic N) is 1. The average Bonchev–Trinajstić information content (AvgIpc) is 2.91. The van der Waals surface area contributed by atoms with Gasteiger partial charge in [-0.2, -0.15) is 0 Å². The molecule has 146 valence electrons. The second-order valence-corrected chi connectivity index (χ2v) is 7.75. The Morgan fingerprint density at radius 2 is 2.04 bits per heavy atom. The predicted molar refractivity (Wildman–Crippen MR) is 89.6 cm³/mol. The summed E-state index contributed by atoms with van der Waals surface area (Å²) in [5.74, 6) is -1.91. The molecule has 4 amide bonds. The van der Waals surface area contributed by atoms with Crippen LogP contribution in [0.15, 0.2) is 0 Å². The molecule has 0 aromatic carbocycles. The Balaban J connectivity index is 2.25. The van der Waals surface area contributed by atoms with E-state index in [4.69, 9.17) is 10.5 Å². The number of aliphatic hydroxyl groups excluding tert-OH is 1. The van der Waals surface area contributed by atoms with Gasteiger partial charge in [0.05, 0.1) is 12.6 Å². The molecule has 10 heteroatoms. The van der Waals surface area contributed by atoms with Gasteiger partial charge in [0.25, 0.3) is 0 Å². The molecule has 2 aliphatic rings. The van der Waals surface area contributed by atoms with E-state index in [0.717, 1.165) is 4.90 Å². The summed E-state index contributed by atoms with van der Waals surface area (Å²) in [6, 6.07) is -2.30. The zero-order chi connectivity index (χ0) is 19.9. The Labute approximate surface area is 151 Å². The normalized spacial score (nSPS) is 27.3. The van der Waals surface area contributed by atoms with Gasteiger partial charge in [0.1, 0.15) is 23.2 Å². The van der Waals surface area contributed by atoms with Crippen LogP contribution >= 0.6 is 0 Å². The number of nitrogens with one attached hydrogen (secondary N) is 2. The van der Waals surface area contributed by atoms with Crippen LogP contribution in [0, 0.1) is 0 Å². The van der Waals surface area contributed by atoms with Crippen LogP contribution in [-0.4, -0.2) is 69.7 Å². The van der Waals surface area contributed by atoms with Gasteiger partial charge in [0.2, 0.25) is 17.7 Å². The van der Waals surface area contributed by atoms with Crippen LogP contribution in [0.4, 0.5) is 4.79 Å². The third-order valence-corrected chi connectivity index (χ3v) is 4.55. The molecule has 2 rings (SSSR count). The minimum Gasteiger partial charge on any atom is -0.444 e. The first-order valence-corrected chi connectivity index (χ1v) is 8.47. The maximum absolute atomic E-state index is 12.7. The third-order valence-electron chi connectivity index (χ3n) is 4.55. The summed E-state index contributed by atoms with van der Waals surface area (Å²) in [5.41, 5.74) is 3.26. The fourth-order valence-corrected chi connectivity index (χ4v) is 3.22. The highest BCUT2D eigenvalue weighted by Gasteiger charge is 2.61. The Hall–Kier alpha value is -2.36. The van der Waals surface area contributed by atoms with E-state index in [1.807, 2.05) is 0 Å². The molecule has 10 nitrogen and oxygen atoms in total. The number of hydrogen-bond donors (Lipinski definition) is 4. The van der Waals surface area contributed by atoms with Gasteiger partial charge in [0, 0.05) is 0 Å². The number of aliphatic hydroxyl groups is 1. The molecule has 2 heterocycles. The van der Waals surface area contributed by atoms with Crippen molar-refractivity contribution in [2.24, 2.45) is 5.73 Å². The minimum absolute atomic E-state index is 0.226. The predicted octanol–water partition coefficient (Wildman–Crippen LogP) is -1.39. The molecule has 4 atom stereocenters. The fraction of sp³-hybridized carbons (Fsp3) is 0.750. The molecule has 2 saturated heterocycles. The van der Waals surface area contributed by atoms with Gasteiger partial charge in [-0.25, -0.2) is 4.79 Å². The highest BCUT2D eigenvalue weighted by atomic mass is 16.6. The molecular formula is C16H26N4O6. The van der Waals surface area contributed by atoms with Crippen molar-refractivity contribution in [2.45, 2.75) is 69.9 Å². The Morgan fingerprint density at radius 1 is 1.42 bits per heavy atom. The highest BCUT2D eigenvalue weighted by Crippen LogP contribution is 2.39. The second kappa shape index (κ2) is 6.75. The molecule has 2 aliphatic heterocycles. The Kier molecular flexibility index (Phi) is 5.18. The zero-order valence-electron chi connectivity index (χ0n) is 15.4. The van der Waals surface area contributed by atoms with Crippen molar-refractivity contribution in [2.75, 3.05) is 6.54 Å². The summed E-state index contributed by atoms with van der Waals surface area (Å²) in [5, 5.41) is 14.6. The van der Waals surface area contributed by atoms with Crippen LogP contribution in [0.3, 0.4) is 0 Å². The number of likely N-dealkylation sites (tertiary alicyclic amines) is 1. The first-order valence-electron chi connectivity index (χ1n) is 8.47. The summed E-state index contributed by atoms with van der Waals surface area (Å²) in [4.78, 5) is 50.1. The first kappa shape index (κ1) is 20.0. The maximum Gasteiger partial charge on any atom is 0.411 e. The summed E-state index contributed by atoms with van der Waals surface area (Å²) >= 11 is 0. The van der Waals surface area contributed by atoms with Crippen LogP contribution in [-0.2, 0) is 19.1 Å². The van der Waals surface area contributed by atoms with Crippen molar-refractivity contribution in [1.82, 2.24) is 15.5 Å². The number of amides is 4. The van der Waals surface area contributed by atoms with Gasteiger partial charge in [0.15, 0.2) is 0 Å². The summed E-state index contributed by atoms with van der Waals surface area (Å²) in [6.45, 7) is 6.59. The van der Waals surface area contributed by atoms with E-state index >= 15 is 0 Å². The molecule has 2 unspecified atom stereocenters. The number of hydrogen-bond acceptors (Lipinski definition) is 6. The molecule has 1 spiro atoms. The van der Waals surface area contributed by atoms with E-state index in [1.165, 1.54) is 6.92 Å². The number of nitrogens with two attached hydrogens (primary N) is 1. The SMILES string of the molecule is C[C@@H](O)[C@H](NC(=O)C1CCC2(CNC2=O)N1C(=O)OC(C)(C)C)C(N)=O. The van der Waals surface area contributed by atoms with E-state index in [-0.39, 0.29) is 18.9 Å². The Bertz CT molecular complexity index is 629. The fourth-order valence-electron chi connectivity index (χ4n) is 3.22. The van der Waals surface area contributed by atoms with Gasteiger partial charge in [-0.05, 0) is 40.5 Å². The number of primary amides is 1. The lowest BCUT2D eigenvalue weighted by atomic mass is 9.88. The van der Waals surface area contributed by atoms with E-state index in [1.54, 1.807) is 20.8 Å². The smallest absolute Gasteiger partial charge is 0.411 e. The lowest BCUT2D eigenvalue weighted by Crippen LogP contribution is -2.73. The number of rotatable bonds is 4. The molecule has 0 radical (unpaired) electrons. The lowest BCUT2D eigenvalue weighted by Gasteiger charge is -2.45. The van der Waals surface area contributed by atoms with Crippen LogP contribution in [0.25, 0.3) is 0 Å². The summed E-state index contributed by atoms with van der Waals surface area (Å²) in [6.07, 6.45) is -1.46. The monoisotopic (exact) mass is 370 g/mol. The van der Waals surface area contributed by atoms with Crippen LogP contribution in [0.2, 0.25) is 0 Å². The van der Waals surface area contributed by atoms with Crippen molar-refractivity contribution in [3.8, 4) is 0 Å². The lowest BCUT2D eigenvalue weighted by molar-refractivity contribution is -0.144. The molecule has 2 fully saturated rings. The summed E-state index contributed by atoms with van der Waals surface area (Å²) < 4.78 is 5.37. The van der Waals surface area contributed by atoms with Crippen LogP contribution in [0.1, 0.15) is 40.5 Å². The van der Waals surface area contributed by atoms with E-state index < -0.39 is 47.2 Å². The zero-order valence-corrected chi connectivity index (χ0v) is 15.4. The van der Waals surface area contributed by atoms with Gasteiger partial charge >= 0.3 is 6.09 Å². The number of β-lactam (4-membered cyclic amide) rings is 1. The van der Waals surface area contributed by atoms with E-state index in [9.17, 15) is 24.3 Å². The Morgan fingerprint density at radius 3 is 2.42 bits per heavy atom. The topological polar surface area (TPSA) is 151 Å². The third kappa shape index (κ3) is 3.59. The molecular weight excluding hydrogens is 344 g/mol. The molecule has 0 aromatic rings. The van der Waals surface area contributed by atoms with Crippen molar-refractivity contribution in [1.29, 1.82) is 0 Å². The van der Waals surface area contributed by atoms with Crippen LogP contribution < -0.4 is 16.4 Å². The first-order chi connectivity index (χ1) is 11.9. The van der Waals surface area contributed by atoms with Crippen molar-refractivity contribution >= 4 is 23.8 Å². The van der Waals surface area contributed by atoms with E-state index in [2.05, 4.69) is 10.6 Å². The van der Waals surface area contributed by atoms with Gasteiger partial charge < -0.3 is 26.2 Å². The average molecular weight is 370 g/mol. The van der Waals surface area contributed by atoms with Gasteiger partial charge in [-0.15, -0.1) is 0 Å². The standard InChI is InChI=1S/C16H26N4O6/c1-8(21)10(11(17)22)19-12(23)9-5-6-16(7-18-13(16)24)20(9)14(25)26-15(2,3)4/h8-10,21H,5-7H2,1-4H3,(H2,17,22)(H,18,24)(H,19,23)/t8-,9?,10+,16?/m1/s1. The van der Waals surface area contributed by atoms with Crippen molar-refractivity contribution in [3.63, 3.8) is 0 Å². The molecule has 0 aliphatic carbocycles. The highest BCUT2D eigenvalue weighted by molar-refractivity contribution is 5.99. The maximum atomic E-state index is 12.7. The molecule has 0 saturated carbocycles. The summed E-state index contributed by atoms with van der Waals surface area (Å²) in [7, 11) is 0. The van der Waals surface area contributed by atoms with Gasteiger partial charge in [-0.3, -0.25) is 19.3 Å². The van der Waals surface area contributed by atoms with Crippen molar-refractivity contribution < 1.29 is 29.0 Å². The number of ether oxygens (including phenoxy) is 1. The number of carbonyl (C=O) groups is 4. The molecule has 5 N–H and O–H groups in total. The number of carbonyl (C=O) groups excluding carboxylic acids is 4. The minimum atomic E-state index is -1.30. The quantitative estimate of drug-likeness (QED) is 0.447. The van der Waals surface area contributed by atoms with Crippen LogP contribution in [0.5, 0.6) is 0 Å². The second-order valence-electron chi connectivity index (χ2n) is 7.75. The van der Waals surface area contributed by atoms with Gasteiger partial charge in [-0.1, -0.05) is 0 Å². The van der Waals surface area contributed by atoms with Crippen molar-refractivity contribution in [3.05, 3.63) is 0 Å². The largest absolute Gasteiger partial charge is 0.444 e.